The highest BCUT2D eigenvalue weighted by Crippen LogP contribution is 2.23. The highest BCUT2D eigenvalue weighted by atomic mass is 16.1. The summed E-state index contributed by atoms with van der Waals surface area (Å²) < 4.78 is 2.08. The van der Waals surface area contributed by atoms with Gasteiger partial charge in [0, 0.05) is 19.2 Å². The Morgan fingerprint density at radius 2 is 2.33 bits per heavy atom. The predicted octanol–water partition coefficient (Wildman–Crippen LogP) is 0.688. The molecule has 2 aromatic rings. The Labute approximate surface area is 104 Å². The van der Waals surface area contributed by atoms with Crippen LogP contribution in [-0.2, 0) is 6.54 Å². The average molecular weight is 245 g/mol. The van der Waals surface area contributed by atoms with Crippen molar-refractivity contribution in [2.75, 3.05) is 6.54 Å². The molecule has 0 aliphatic carbocycles. The van der Waals surface area contributed by atoms with Gasteiger partial charge < -0.3 is 14.9 Å². The summed E-state index contributed by atoms with van der Waals surface area (Å²) in [5.74, 6) is 1.69. The molecule has 0 amide bonds. The second kappa shape index (κ2) is 4.38. The molecule has 1 unspecified atom stereocenters. The Bertz CT molecular complexity index is 615. The standard InChI is InChI=1S/C12H15N5O/c1-2-8-11-15-16-12(17(11)7-6-13-8)9-4-3-5-10(18)14-9/h3-5,8,13H,2,6-7H2,1H3,(H,14,18). The van der Waals surface area contributed by atoms with Gasteiger partial charge in [-0.25, -0.2) is 0 Å². The van der Waals surface area contributed by atoms with Gasteiger partial charge in [0.25, 0.3) is 0 Å². The minimum atomic E-state index is -0.120. The molecule has 6 heteroatoms. The molecule has 0 bridgehead atoms. The Morgan fingerprint density at radius 1 is 1.44 bits per heavy atom. The Kier molecular flexibility index (Phi) is 2.71. The third-order valence-electron chi connectivity index (χ3n) is 3.23. The number of aromatic nitrogens is 4. The van der Waals surface area contributed by atoms with Gasteiger partial charge in [0.1, 0.15) is 0 Å². The van der Waals surface area contributed by atoms with Crippen LogP contribution in [0.15, 0.2) is 23.0 Å². The number of pyridine rings is 1. The van der Waals surface area contributed by atoms with Gasteiger partial charge in [0.2, 0.25) is 5.56 Å². The van der Waals surface area contributed by atoms with Crippen molar-refractivity contribution >= 4 is 0 Å². The molecule has 1 atom stereocenters. The summed E-state index contributed by atoms with van der Waals surface area (Å²) in [7, 11) is 0. The van der Waals surface area contributed by atoms with Gasteiger partial charge in [-0.3, -0.25) is 4.79 Å². The topological polar surface area (TPSA) is 75.6 Å². The number of hydrogen-bond acceptors (Lipinski definition) is 4. The van der Waals surface area contributed by atoms with Crippen LogP contribution in [0.1, 0.15) is 25.2 Å². The summed E-state index contributed by atoms with van der Waals surface area (Å²) in [4.78, 5) is 14.1. The summed E-state index contributed by atoms with van der Waals surface area (Å²) >= 11 is 0. The molecule has 2 aromatic heterocycles. The lowest BCUT2D eigenvalue weighted by Crippen LogP contribution is -2.33. The van der Waals surface area contributed by atoms with E-state index in [-0.39, 0.29) is 11.6 Å². The largest absolute Gasteiger partial charge is 0.319 e. The third-order valence-corrected chi connectivity index (χ3v) is 3.23. The zero-order valence-electron chi connectivity index (χ0n) is 10.2. The van der Waals surface area contributed by atoms with Gasteiger partial charge in [-0.1, -0.05) is 13.0 Å². The van der Waals surface area contributed by atoms with E-state index in [4.69, 9.17) is 0 Å². The molecule has 1 aliphatic rings. The fourth-order valence-electron chi connectivity index (χ4n) is 2.34. The highest BCUT2D eigenvalue weighted by molar-refractivity contribution is 5.49. The molecular formula is C12H15N5O. The molecule has 0 radical (unpaired) electrons. The average Bonchev–Trinajstić information content (AvgIpc) is 2.82. The zero-order valence-corrected chi connectivity index (χ0v) is 10.2. The van der Waals surface area contributed by atoms with Crippen LogP contribution >= 0.6 is 0 Å². The van der Waals surface area contributed by atoms with Crippen LogP contribution in [0.2, 0.25) is 0 Å². The van der Waals surface area contributed by atoms with Crippen LogP contribution < -0.4 is 10.9 Å². The molecule has 6 nitrogen and oxygen atoms in total. The van der Waals surface area contributed by atoms with E-state index in [1.165, 1.54) is 6.07 Å². The molecule has 18 heavy (non-hydrogen) atoms. The summed E-state index contributed by atoms with van der Waals surface area (Å²) in [6, 6.07) is 5.32. The van der Waals surface area contributed by atoms with Crippen LogP contribution in [-0.4, -0.2) is 26.3 Å². The lowest BCUT2D eigenvalue weighted by atomic mass is 10.2. The SMILES string of the molecule is CCC1NCCn2c(-c3cccc(=O)[nH]3)nnc21. The first kappa shape index (κ1) is 11.2. The molecule has 0 aromatic carbocycles. The summed E-state index contributed by atoms with van der Waals surface area (Å²) in [6.07, 6.45) is 0.976. The minimum Gasteiger partial charge on any atom is -0.319 e. The normalized spacial score (nSPS) is 18.6. The molecule has 0 spiro atoms. The first-order valence-electron chi connectivity index (χ1n) is 6.16. The number of hydrogen-bond donors (Lipinski definition) is 2. The smallest absolute Gasteiger partial charge is 0.248 e. The molecule has 3 rings (SSSR count). The summed E-state index contributed by atoms with van der Waals surface area (Å²) in [5.41, 5.74) is 0.601. The molecule has 0 saturated carbocycles. The van der Waals surface area contributed by atoms with Crippen LogP contribution in [0.5, 0.6) is 0 Å². The monoisotopic (exact) mass is 245 g/mol. The van der Waals surface area contributed by atoms with Crippen molar-refractivity contribution in [2.45, 2.75) is 25.9 Å². The number of rotatable bonds is 2. The van der Waals surface area contributed by atoms with Crippen molar-refractivity contribution in [3.8, 4) is 11.5 Å². The van der Waals surface area contributed by atoms with Crippen LogP contribution in [0.3, 0.4) is 0 Å². The number of H-pyrrole nitrogens is 1. The van der Waals surface area contributed by atoms with E-state index in [0.717, 1.165) is 36.9 Å². The maximum atomic E-state index is 11.3. The minimum absolute atomic E-state index is 0.120. The van der Waals surface area contributed by atoms with E-state index in [1.54, 1.807) is 6.07 Å². The van der Waals surface area contributed by atoms with Gasteiger partial charge >= 0.3 is 0 Å². The van der Waals surface area contributed by atoms with Crippen molar-refractivity contribution < 1.29 is 0 Å². The maximum Gasteiger partial charge on any atom is 0.248 e. The van der Waals surface area contributed by atoms with Crippen LogP contribution in [0.25, 0.3) is 11.5 Å². The maximum absolute atomic E-state index is 11.3. The van der Waals surface area contributed by atoms with Gasteiger partial charge in [-0.15, -0.1) is 10.2 Å². The van der Waals surface area contributed by atoms with Gasteiger partial charge in [-0.2, -0.15) is 0 Å². The molecule has 0 saturated heterocycles. The molecule has 2 N–H and O–H groups in total. The number of aromatic amines is 1. The van der Waals surface area contributed by atoms with Crippen LogP contribution in [0, 0.1) is 0 Å². The fourth-order valence-corrected chi connectivity index (χ4v) is 2.34. The number of fused-ring (bicyclic) bond motifs is 1. The van der Waals surface area contributed by atoms with Crippen molar-refractivity contribution in [3.05, 3.63) is 34.4 Å². The van der Waals surface area contributed by atoms with Gasteiger partial charge in [0.15, 0.2) is 11.6 Å². The number of nitrogens with one attached hydrogen (secondary N) is 2. The first-order valence-corrected chi connectivity index (χ1v) is 6.16. The zero-order chi connectivity index (χ0) is 12.5. The Hall–Kier alpha value is -1.95. The van der Waals surface area contributed by atoms with E-state index < -0.39 is 0 Å². The molecule has 0 fully saturated rings. The van der Waals surface area contributed by atoms with Gasteiger partial charge in [-0.05, 0) is 12.5 Å². The molecule has 3 heterocycles. The fraction of sp³-hybridized carbons (Fsp3) is 0.417. The molecule has 1 aliphatic heterocycles. The quantitative estimate of drug-likeness (QED) is 0.816. The molecule has 94 valence electrons. The van der Waals surface area contributed by atoms with E-state index >= 15 is 0 Å². The van der Waals surface area contributed by atoms with Crippen molar-refractivity contribution in [1.82, 2.24) is 25.1 Å². The lowest BCUT2D eigenvalue weighted by Gasteiger charge is -2.23. The molecular weight excluding hydrogens is 230 g/mol. The Morgan fingerprint density at radius 3 is 3.11 bits per heavy atom. The summed E-state index contributed by atoms with van der Waals surface area (Å²) in [5, 5.41) is 11.9. The predicted molar refractivity (Wildman–Crippen MR) is 67.1 cm³/mol. The van der Waals surface area contributed by atoms with E-state index in [2.05, 4.69) is 32.0 Å². The van der Waals surface area contributed by atoms with Crippen molar-refractivity contribution in [3.63, 3.8) is 0 Å². The lowest BCUT2D eigenvalue weighted by molar-refractivity contribution is 0.407. The second-order valence-electron chi connectivity index (χ2n) is 4.38. The Balaban J connectivity index is 2.09. The van der Waals surface area contributed by atoms with Crippen LogP contribution in [0.4, 0.5) is 0 Å². The van der Waals surface area contributed by atoms with E-state index in [9.17, 15) is 4.79 Å². The number of nitrogens with zero attached hydrogens (tertiary/aromatic N) is 3. The van der Waals surface area contributed by atoms with E-state index in [1.807, 2.05) is 6.07 Å². The van der Waals surface area contributed by atoms with E-state index in [0.29, 0.717) is 0 Å². The van der Waals surface area contributed by atoms with Crippen molar-refractivity contribution in [2.24, 2.45) is 0 Å². The summed E-state index contributed by atoms with van der Waals surface area (Å²) in [6.45, 7) is 3.84. The van der Waals surface area contributed by atoms with Gasteiger partial charge in [0.05, 0.1) is 11.7 Å². The highest BCUT2D eigenvalue weighted by Gasteiger charge is 2.24. The third kappa shape index (κ3) is 1.74. The first-order chi connectivity index (χ1) is 8.79. The van der Waals surface area contributed by atoms with Crippen molar-refractivity contribution in [1.29, 1.82) is 0 Å². The second-order valence-corrected chi connectivity index (χ2v) is 4.38.